The average Bonchev–Trinajstić information content (AvgIpc) is 2.79. The van der Waals surface area contributed by atoms with Crippen LogP contribution in [-0.2, 0) is 9.31 Å². The second-order valence-corrected chi connectivity index (χ2v) is 7.19. The topological polar surface area (TPSA) is 31.4 Å². The maximum absolute atomic E-state index is 14.4. The van der Waals surface area contributed by atoms with Crippen molar-refractivity contribution in [3.8, 4) is 0 Å². The molecular weight excluding hydrogens is 287 g/mol. The molecule has 2 heterocycles. The maximum atomic E-state index is 14.4. The summed E-state index contributed by atoms with van der Waals surface area (Å²) >= 11 is 7.04. The van der Waals surface area contributed by atoms with E-state index in [1.165, 1.54) is 17.5 Å². The van der Waals surface area contributed by atoms with Crippen molar-refractivity contribution in [3.63, 3.8) is 0 Å². The minimum atomic E-state index is -0.993. The molecule has 0 bridgehead atoms. The summed E-state index contributed by atoms with van der Waals surface area (Å²) in [6, 6.07) is 0. The lowest BCUT2D eigenvalue weighted by Gasteiger charge is -2.32. The molecule has 7 heteroatoms. The second-order valence-electron chi connectivity index (χ2n) is 5.53. The molecule has 0 aliphatic carbocycles. The van der Waals surface area contributed by atoms with Crippen molar-refractivity contribution in [2.45, 2.75) is 45.8 Å². The highest BCUT2D eigenvalue weighted by Crippen LogP contribution is 2.40. The highest BCUT2D eigenvalue weighted by molar-refractivity contribution is 7.16. The molecule has 3 nitrogen and oxygen atoms in total. The van der Waals surface area contributed by atoms with Crippen molar-refractivity contribution in [2.75, 3.05) is 0 Å². The summed E-state index contributed by atoms with van der Waals surface area (Å²) in [5.74, 6) is 0. The molecule has 0 aromatic carbocycles. The molecule has 0 unspecified atom stereocenters. The van der Waals surface area contributed by atoms with Gasteiger partial charge in [-0.15, -0.1) is 11.3 Å². The largest absolute Gasteiger partial charge is 0.525 e. The predicted molar refractivity (Wildman–Crippen MR) is 76.9 cm³/mol. The minimum absolute atomic E-state index is 0.399. The first-order valence-electron chi connectivity index (χ1n) is 5.98. The van der Waals surface area contributed by atoms with Gasteiger partial charge in [0.05, 0.1) is 17.4 Å². The standard InChI is InChI=1S/C12H16BClFNO2S/c1-7(10-16-6-8(14)19-10)9(15)13-17-11(2,3)12(4,5)18-13/h6H,1-5H3. The molecule has 1 aliphatic heterocycles. The van der Waals surface area contributed by atoms with Gasteiger partial charge in [0.15, 0.2) is 0 Å². The van der Waals surface area contributed by atoms with Gasteiger partial charge in [-0.1, -0.05) is 11.6 Å². The van der Waals surface area contributed by atoms with Gasteiger partial charge in [-0.25, -0.2) is 9.37 Å². The van der Waals surface area contributed by atoms with Gasteiger partial charge in [-0.05, 0) is 34.6 Å². The Hall–Kier alpha value is -0.425. The zero-order chi connectivity index (χ0) is 14.4. The fraction of sp³-hybridized carbons (Fsp3) is 0.583. The van der Waals surface area contributed by atoms with Gasteiger partial charge in [0.25, 0.3) is 0 Å². The van der Waals surface area contributed by atoms with Gasteiger partial charge < -0.3 is 9.31 Å². The van der Waals surface area contributed by atoms with Crippen LogP contribution in [0.2, 0.25) is 4.34 Å². The van der Waals surface area contributed by atoms with Crippen LogP contribution in [0.4, 0.5) is 4.39 Å². The predicted octanol–water partition coefficient (Wildman–Crippen LogP) is 4.13. The Morgan fingerprint density at radius 1 is 1.32 bits per heavy atom. The molecule has 0 amide bonds. The third-order valence-electron chi connectivity index (χ3n) is 3.62. The van der Waals surface area contributed by atoms with Crippen LogP contribution in [0.3, 0.4) is 0 Å². The Labute approximate surface area is 121 Å². The summed E-state index contributed by atoms with van der Waals surface area (Å²) in [6.45, 7) is 9.19. The van der Waals surface area contributed by atoms with Gasteiger partial charge in [0, 0.05) is 5.57 Å². The number of rotatable bonds is 2. The van der Waals surface area contributed by atoms with E-state index < -0.39 is 24.0 Å². The van der Waals surface area contributed by atoms with Crippen LogP contribution in [-0.4, -0.2) is 23.3 Å². The first kappa shape index (κ1) is 15.0. The van der Waals surface area contributed by atoms with Gasteiger partial charge >= 0.3 is 7.12 Å². The van der Waals surface area contributed by atoms with E-state index in [4.69, 9.17) is 20.9 Å². The first-order chi connectivity index (χ1) is 8.64. The molecule has 1 fully saturated rings. The van der Waals surface area contributed by atoms with Crippen molar-refractivity contribution in [1.82, 2.24) is 4.98 Å². The first-order valence-corrected chi connectivity index (χ1v) is 7.17. The highest BCUT2D eigenvalue weighted by atomic mass is 35.5. The average molecular weight is 304 g/mol. The van der Waals surface area contributed by atoms with Crippen LogP contribution in [0.5, 0.6) is 0 Å². The molecule has 0 saturated carbocycles. The second kappa shape index (κ2) is 4.84. The molecule has 104 valence electrons. The monoisotopic (exact) mass is 303 g/mol. The number of hydrogen-bond acceptors (Lipinski definition) is 4. The summed E-state index contributed by atoms with van der Waals surface area (Å²) in [6.07, 6.45) is 1.50. The third-order valence-corrected chi connectivity index (χ3v) is 4.85. The number of nitrogens with zero attached hydrogens (tertiary/aromatic N) is 1. The Kier molecular flexibility index (Phi) is 3.82. The van der Waals surface area contributed by atoms with Gasteiger partial charge in [-0.2, -0.15) is 0 Å². The number of aromatic nitrogens is 1. The van der Waals surface area contributed by atoms with Crippen molar-refractivity contribution >= 4 is 35.6 Å². The lowest BCUT2D eigenvalue weighted by Crippen LogP contribution is -2.41. The Balaban J connectivity index is 2.28. The molecule has 0 atom stereocenters. The zero-order valence-corrected chi connectivity index (χ0v) is 13.2. The van der Waals surface area contributed by atoms with E-state index in [0.29, 0.717) is 14.9 Å². The van der Waals surface area contributed by atoms with Crippen LogP contribution in [0.15, 0.2) is 11.9 Å². The van der Waals surface area contributed by atoms with E-state index in [0.717, 1.165) is 0 Å². The number of halogens is 2. The summed E-state index contributed by atoms with van der Waals surface area (Å²) < 4.78 is 26.3. The zero-order valence-electron chi connectivity index (χ0n) is 11.6. The smallest absolute Gasteiger partial charge is 0.398 e. The summed E-state index contributed by atoms with van der Waals surface area (Å²) in [5, 5.41) is 0.539. The number of thiazole rings is 1. The Morgan fingerprint density at radius 3 is 2.26 bits per heavy atom. The fourth-order valence-electron chi connectivity index (χ4n) is 1.65. The quantitative estimate of drug-likeness (QED) is 0.770. The van der Waals surface area contributed by atoms with Crippen molar-refractivity contribution in [1.29, 1.82) is 0 Å². The molecule has 19 heavy (non-hydrogen) atoms. The maximum Gasteiger partial charge on any atom is 0.525 e. The van der Waals surface area contributed by atoms with Crippen molar-refractivity contribution < 1.29 is 13.7 Å². The van der Waals surface area contributed by atoms with Gasteiger partial charge in [0.2, 0.25) is 0 Å². The minimum Gasteiger partial charge on any atom is -0.398 e. The van der Waals surface area contributed by atoms with Crippen LogP contribution in [0.1, 0.15) is 39.6 Å². The van der Waals surface area contributed by atoms with E-state index in [2.05, 4.69) is 4.98 Å². The van der Waals surface area contributed by atoms with E-state index >= 15 is 0 Å². The summed E-state index contributed by atoms with van der Waals surface area (Å²) in [7, 11) is -0.993. The highest BCUT2D eigenvalue weighted by Gasteiger charge is 2.53. The molecule has 1 aromatic heterocycles. The van der Waals surface area contributed by atoms with Gasteiger partial charge in [-0.3, -0.25) is 0 Å². The molecule has 1 saturated heterocycles. The third kappa shape index (κ3) is 2.72. The lowest BCUT2D eigenvalue weighted by atomic mass is 9.85. The number of hydrogen-bond donors (Lipinski definition) is 0. The molecule has 1 aliphatic rings. The Bertz CT molecular complexity index is 514. The van der Waals surface area contributed by atoms with Crippen molar-refractivity contribution in [3.05, 3.63) is 21.3 Å². The summed E-state index contributed by atoms with van der Waals surface area (Å²) in [4.78, 5) is 4.06. The van der Waals surface area contributed by atoms with Crippen LogP contribution in [0, 0.1) is 0 Å². The molecule has 0 spiro atoms. The summed E-state index contributed by atoms with van der Waals surface area (Å²) in [5.41, 5.74) is -1.17. The van der Waals surface area contributed by atoms with Crippen LogP contribution >= 0.6 is 22.9 Å². The van der Waals surface area contributed by atoms with E-state index in [1.807, 2.05) is 27.7 Å². The van der Waals surface area contributed by atoms with Crippen LogP contribution in [0.25, 0.3) is 5.57 Å². The van der Waals surface area contributed by atoms with Gasteiger partial charge in [0.1, 0.15) is 15.1 Å². The van der Waals surface area contributed by atoms with E-state index in [-0.39, 0.29) is 0 Å². The molecule has 0 N–H and O–H groups in total. The molecule has 1 aromatic rings. The molecule has 2 rings (SSSR count). The van der Waals surface area contributed by atoms with E-state index in [9.17, 15) is 4.39 Å². The Morgan fingerprint density at radius 2 is 1.84 bits per heavy atom. The van der Waals surface area contributed by atoms with Crippen molar-refractivity contribution in [2.24, 2.45) is 0 Å². The number of allylic oxidation sites excluding steroid dienone is 1. The van der Waals surface area contributed by atoms with E-state index in [1.54, 1.807) is 6.92 Å². The molecule has 0 radical (unpaired) electrons. The fourth-order valence-corrected chi connectivity index (χ4v) is 2.57. The van der Waals surface area contributed by atoms with Crippen LogP contribution < -0.4 is 0 Å². The SMILES string of the molecule is CC(=C(F)B1OC(C)(C)C(C)(C)O1)c1ncc(Cl)s1. The normalized spacial score (nSPS) is 22.6. The lowest BCUT2D eigenvalue weighted by molar-refractivity contribution is 0.00578. The molecular formula is C12H16BClFNO2S.